The number of ether oxygens (including phenoxy) is 1. The maximum Gasteiger partial charge on any atom is 0.246 e. The molecule has 29 heavy (non-hydrogen) atoms. The fourth-order valence-corrected chi connectivity index (χ4v) is 5.70. The van der Waals surface area contributed by atoms with Gasteiger partial charge in [0.25, 0.3) is 0 Å². The van der Waals surface area contributed by atoms with Gasteiger partial charge in [-0.3, -0.25) is 9.69 Å². The molecule has 1 aromatic rings. The highest BCUT2D eigenvalue weighted by Gasteiger charge is 2.27. The first-order valence-corrected chi connectivity index (χ1v) is 11.9. The van der Waals surface area contributed by atoms with Crippen LogP contribution in [-0.2, 0) is 14.8 Å². The Labute approximate surface area is 175 Å². The normalized spacial score (nSPS) is 20.6. The lowest BCUT2D eigenvalue weighted by molar-refractivity contribution is -0.117. The summed E-state index contributed by atoms with van der Waals surface area (Å²) in [5.41, 5.74) is 0.460. The Hall–Kier alpha value is -1.64. The average molecular weight is 426 g/mol. The Balaban J connectivity index is 2.20. The topological polar surface area (TPSA) is 79.0 Å². The zero-order chi connectivity index (χ0) is 21.6. The molecule has 1 amide bonds. The number of sulfonamides is 1. The van der Waals surface area contributed by atoms with Crippen molar-refractivity contribution in [3.8, 4) is 5.75 Å². The number of piperidine rings is 1. The molecule has 1 fully saturated rings. The molecule has 0 aromatic heterocycles. The van der Waals surface area contributed by atoms with Crippen LogP contribution in [0.1, 0.15) is 41.0 Å². The predicted molar refractivity (Wildman–Crippen MR) is 116 cm³/mol. The number of carbonyl (C=O) groups excluding carboxylic acids is 1. The molecule has 0 radical (unpaired) electrons. The number of amides is 1. The monoisotopic (exact) mass is 425 g/mol. The summed E-state index contributed by atoms with van der Waals surface area (Å²) in [5, 5.41) is 2.86. The van der Waals surface area contributed by atoms with Crippen molar-refractivity contribution in [1.82, 2.24) is 9.21 Å². The van der Waals surface area contributed by atoms with Crippen molar-refractivity contribution in [2.75, 3.05) is 44.6 Å². The minimum absolute atomic E-state index is 0.0843. The Morgan fingerprint density at radius 3 is 2.34 bits per heavy atom. The van der Waals surface area contributed by atoms with Gasteiger partial charge in [-0.2, -0.15) is 4.31 Å². The number of rotatable bonds is 9. The zero-order valence-electron chi connectivity index (χ0n) is 18.3. The lowest BCUT2D eigenvalue weighted by atomic mass is 9.92. The Kier molecular flexibility index (Phi) is 8.48. The average Bonchev–Trinajstić information content (AvgIpc) is 2.63. The van der Waals surface area contributed by atoms with E-state index in [0.29, 0.717) is 49.5 Å². The van der Waals surface area contributed by atoms with Gasteiger partial charge in [-0.1, -0.05) is 27.7 Å². The molecule has 164 valence electrons. The number of hydrogen-bond donors (Lipinski definition) is 1. The number of carbonyl (C=O) groups is 1. The first-order chi connectivity index (χ1) is 13.7. The van der Waals surface area contributed by atoms with Crippen LogP contribution in [0, 0.1) is 11.8 Å². The molecule has 7 nitrogen and oxygen atoms in total. The van der Waals surface area contributed by atoms with Gasteiger partial charge in [0.1, 0.15) is 10.6 Å². The van der Waals surface area contributed by atoms with E-state index in [4.69, 9.17) is 4.74 Å². The standard InChI is InChI=1S/C21H35N3O4S/c1-6-24(7-2)29(26,27)20-12-18(9-10-19(20)28-8-3)22-21(25)15-23-13-16(4)11-17(5)14-23/h9-10,12,16-17H,6-8,11,13-15H2,1-5H3,(H,22,25)/t16-,17-/m0/s1. The lowest BCUT2D eigenvalue weighted by Crippen LogP contribution is -2.42. The van der Waals surface area contributed by atoms with E-state index < -0.39 is 10.0 Å². The second-order valence-corrected chi connectivity index (χ2v) is 9.78. The first-order valence-electron chi connectivity index (χ1n) is 10.5. The van der Waals surface area contributed by atoms with Crippen LogP contribution in [0.4, 0.5) is 5.69 Å². The van der Waals surface area contributed by atoms with Crippen molar-refractivity contribution in [2.45, 2.75) is 45.9 Å². The van der Waals surface area contributed by atoms with E-state index in [0.717, 1.165) is 13.1 Å². The first kappa shape index (κ1) is 23.6. The summed E-state index contributed by atoms with van der Waals surface area (Å²) in [6.07, 6.45) is 1.18. The van der Waals surface area contributed by atoms with Crippen molar-refractivity contribution < 1.29 is 17.9 Å². The van der Waals surface area contributed by atoms with Gasteiger partial charge in [-0.25, -0.2) is 8.42 Å². The number of nitrogens with zero attached hydrogens (tertiary/aromatic N) is 2. The van der Waals surface area contributed by atoms with E-state index in [9.17, 15) is 13.2 Å². The van der Waals surface area contributed by atoms with Gasteiger partial charge < -0.3 is 10.1 Å². The van der Waals surface area contributed by atoms with Crippen LogP contribution >= 0.6 is 0 Å². The molecule has 1 aliphatic heterocycles. The van der Waals surface area contributed by atoms with Crippen LogP contribution in [0.3, 0.4) is 0 Å². The summed E-state index contributed by atoms with van der Waals surface area (Å²) in [7, 11) is -3.71. The third kappa shape index (κ3) is 6.17. The van der Waals surface area contributed by atoms with Crippen LogP contribution in [0.5, 0.6) is 5.75 Å². The van der Waals surface area contributed by atoms with Crippen LogP contribution in [0.15, 0.2) is 23.1 Å². The van der Waals surface area contributed by atoms with Crippen LogP contribution < -0.4 is 10.1 Å². The summed E-state index contributed by atoms with van der Waals surface area (Å²) in [5.74, 6) is 1.31. The Bertz CT molecular complexity index is 783. The van der Waals surface area contributed by atoms with Crippen molar-refractivity contribution in [3.05, 3.63) is 18.2 Å². The number of likely N-dealkylation sites (tertiary alicyclic amines) is 1. The molecule has 0 bridgehead atoms. The molecule has 8 heteroatoms. The second-order valence-electron chi connectivity index (χ2n) is 7.87. The molecule has 1 saturated heterocycles. The third-order valence-electron chi connectivity index (χ3n) is 5.16. The fraction of sp³-hybridized carbons (Fsp3) is 0.667. The highest BCUT2D eigenvalue weighted by atomic mass is 32.2. The van der Waals surface area contributed by atoms with E-state index in [2.05, 4.69) is 24.1 Å². The maximum absolute atomic E-state index is 13.0. The van der Waals surface area contributed by atoms with Crippen molar-refractivity contribution in [1.29, 1.82) is 0 Å². The molecular formula is C21H35N3O4S. The van der Waals surface area contributed by atoms with Crippen molar-refractivity contribution >= 4 is 21.6 Å². The summed E-state index contributed by atoms with van der Waals surface area (Å²) in [6.45, 7) is 13.0. The zero-order valence-corrected chi connectivity index (χ0v) is 19.1. The van der Waals surface area contributed by atoms with Crippen LogP contribution in [0.25, 0.3) is 0 Å². The molecule has 1 aromatic carbocycles. The largest absolute Gasteiger partial charge is 0.492 e. The minimum Gasteiger partial charge on any atom is -0.492 e. The van der Waals surface area contributed by atoms with Crippen molar-refractivity contribution in [2.24, 2.45) is 11.8 Å². The van der Waals surface area contributed by atoms with Gasteiger partial charge in [-0.05, 0) is 43.4 Å². The van der Waals surface area contributed by atoms with Crippen LogP contribution in [-0.4, -0.2) is 62.9 Å². The number of nitrogens with one attached hydrogen (secondary N) is 1. The lowest BCUT2D eigenvalue weighted by Gasteiger charge is -2.34. The van der Waals surface area contributed by atoms with Gasteiger partial charge in [0.15, 0.2) is 0 Å². The molecule has 2 atom stereocenters. The quantitative estimate of drug-likeness (QED) is 0.658. The molecule has 1 N–H and O–H groups in total. The summed E-state index contributed by atoms with van der Waals surface area (Å²) in [4.78, 5) is 14.8. The van der Waals surface area contributed by atoms with Gasteiger partial charge in [-0.15, -0.1) is 0 Å². The number of anilines is 1. The molecule has 1 heterocycles. The Morgan fingerprint density at radius 1 is 1.17 bits per heavy atom. The van der Waals surface area contributed by atoms with Crippen LogP contribution in [0.2, 0.25) is 0 Å². The highest BCUT2D eigenvalue weighted by Crippen LogP contribution is 2.30. The molecule has 0 spiro atoms. The van der Waals surface area contributed by atoms with E-state index >= 15 is 0 Å². The van der Waals surface area contributed by atoms with Gasteiger partial charge in [0.05, 0.1) is 13.2 Å². The van der Waals surface area contributed by atoms with Gasteiger partial charge in [0.2, 0.25) is 15.9 Å². The minimum atomic E-state index is -3.71. The van der Waals surface area contributed by atoms with E-state index in [1.807, 2.05) is 6.92 Å². The smallest absolute Gasteiger partial charge is 0.246 e. The van der Waals surface area contributed by atoms with E-state index in [-0.39, 0.29) is 10.8 Å². The SMILES string of the molecule is CCOc1ccc(NC(=O)CN2C[C@@H](C)C[C@H](C)C2)cc1S(=O)(=O)N(CC)CC. The van der Waals surface area contributed by atoms with E-state index in [1.165, 1.54) is 16.8 Å². The number of hydrogen-bond acceptors (Lipinski definition) is 5. The number of benzene rings is 1. The van der Waals surface area contributed by atoms with Gasteiger partial charge in [0, 0.05) is 31.9 Å². The third-order valence-corrected chi connectivity index (χ3v) is 7.23. The summed E-state index contributed by atoms with van der Waals surface area (Å²) < 4.78 is 33.0. The maximum atomic E-state index is 13.0. The highest BCUT2D eigenvalue weighted by molar-refractivity contribution is 7.89. The second kappa shape index (κ2) is 10.4. The molecular weight excluding hydrogens is 390 g/mol. The molecule has 2 rings (SSSR count). The molecule has 0 saturated carbocycles. The Morgan fingerprint density at radius 2 is 1.79 bits per heavy atom. The van der Waals surface area contributed by atoms with E-state index in [1.54, 1.807) is 26.0 Å². The fourth-order valence-electron chi connectivity index (χ4n) is 4.09. The van der Waals surface area contributed by atoms with Crippen molar-refractivity contribution in [3.63, 3.8) is 0 Å². The molecule has 0 aliphatic carbocycles. The molecule has 0 unspecified atom stereocenters. The summed E-state index contributed by atoms with van der Waals surface area (Å²) in [6, 6.07) is 4.80. The molecule has 1 aliphatic rings. The van der Waals surface area contributed by atoms with Gasteiger partial charge >= 0.3 is 0 Å². The predicted octanol–water partition coefficient (Wildman–Crippen LogP) is 3.03. The summed E-state index contributed by atoms with van der Waals surface area (Å²) >= 11 is 0.